The van der Waals surface area contributed by atoms with Crippen LogP contribution in [0.15, 0.2) is 54.0 Å². The van der Waals surface area contributed by atoms with Crippen LogP contribution in [0.25, 0.3) is 5.65 Å². The fourth-order valence-electron chi connectivity index (χ4n) is 2.83. The number of benzene rings is 1. The molecule has 3 heterocycles. The zero-order valence-corrected chi connectivity index (χ0v) is 15.9. The van der Waals surface area contributed by atoms with Gasteiger partial charge in [-0.1, -0.05) is 18.2 Å². The molecule has 1 aromatic carbocycles. The summed E-state index contributed by atoms with van der Waals surface area (Å²) in [6, 6.07) is 14.1. The molecule has 27 heavy (non-hydrogen) atoms. The number of aromatic nitrogens is 4. The Kier molecular flexibility index (Phi) is 5.41. The van der Waals surface area contributed by atoms with Crippen molar-refractivity contribution in [1.82, 2.24) is 24.9 Å². The van der Waals surface area contributed by atoms with Crippen molar-refractivity contribution in [3.05, 3.63) is 76.1 Å². The molecule has 138 valence electrons. The van der Waals surface area contributed by atoms with Gasteiger partial charge in [0, 0.05) is 31.1 Å². The Morgan fingerprint density at radius 1 is 1.11 bits per heavy atom. The van der Waals surface area contributed by atoms with Crippen LogP contribution in [0.2, 0.25) is 0 Å². The monoisotopic (exact) mass is 379 g/mol. The van der Waals surface area contributed by atoms with E-state index in [1.165, 1.54) is 5.56 Å². The minimum atomic E-state index is 0.508. The van der Waals surface area contributed by atoms with Gasteiger partial charge in [0.25, 0.3) is 0 Å². The molecule has 0 spiro atoms. The third-order valence-electron chi connectivity index (χ3n) is 4.22. The van der Waals surface area contributed by atoms with Crippen LogP contribution in [0, 0.1) is 6.92 Å². The molecule has 0 amide bonds. The van der Waals surface area contributed by atoms with Gasteiger partial charge in [-0.05, 0) is 36.8 Å². The summed E-state index contributed by atoms with van der Waals surface area (Å²) in [6.45, 7) is 4.16. The summed E-state index contributed by atoms with van der Waals surface area (Å²) < 4.78 is 7.81. The molecule has 3 aromatic heterocycles. The second-order valence-electron chi connectivity index (χ2n) is 6.26. The summed E-state index contributed by atoms with van der Waals surface area (Å²) in [5.74, 6) is 1.83. The summed E-state index contributed by atoms with van der Waals surface area (Å²) in [5, 5.41) is 15.0. The Hall–Kier alpha value is -2.77. The molecule has 0 aliphatic carbocycles. The number of thiazole rings is 1. The van der Waals surface area contributed by atoms with Crippen LogP contribution in [-0.4, -0.2) is 26.1 Å². The van der Waals surface area contributed by atoms with Gasteiger partial charge in [-0.2, -0.15) is 0 Å². The smallest absolute Gasteiger partial charge is 0.160 e. The molecule has 0 atom stereocenters. The normalized spacial score (nSPS) is 11.1. The largest absolute Gasteiger partial charge is 0.487 e. The summed E-state index contributed by atoms with van der Waals surface area (Å²) in [7, 11) is 0. The maximum Gasteiger partial charge on any atom is 0.160 e. The van der Waals surface area contributed by atoms with E-state index in [-0.39, 0.29) is 0 Å². The molecule has 1 N–H and O–H groups in total. The molecule has 0 fully saturated rings. The molecule has 0 unspecified atom stereocenters. The maximum atomic E-state index is 5.78. The lowest BCUT2D eigenvalue weighted by Crippen LogP contribution is -2.17. The van der Waals surface area contributed by atoms with Gasteiger partial charge in [0.2, 0.25) is 0 Å². The zero-order valence-electron chi connectivity index (χ0n) is 15.1. The van der Waals surface area contributed by atoms with E-state index in [9.17, 15) is 0 Å². The predicted octanol–water partition coefficient (Wildman–Crippen LogP) is 3.41. The molecule has 4 rings (SSSR count). The molecule has 0 radical (unpaired) electrons. The summed E-state index contributed by atoms with van der Waals surface area (Å²) in [5.41, 5.74) is 3.08. The Labute approximate surface area is 161 Å². The van der Waals surface area contributed by atoms with Gasteiger partial charge in [0.1, 0.15) is 18.2 Å². The van der Waals surface area contributed by atoms with Gasteiger partial charge in [0.05, 0.1) is 10.7 Å². The van der Waals surface area contributed by atoms with Crippen LogP contribution in [0.1, 0.15) is 22.1 Å². The van der Waals surface area contributed by atoms with Crippen molar-refractivity contribution in [2.24, 2.45) is 0 Å². The van der Waals surface area contributed by atoms with E-state index in [1.807, 2.05) is 53.2 Å². The van der Waals surface area contributed by atoms with E-state index in [4.69, 9.17) is 4.74 Å². The fraction of sp³-hybridized carbons (Fsp3) is 0.250. The van der Waals surface area contributed by atoms with Crippen LogP contribution in [0.3, 0.4) is 0 Å². The van der Waals surface area contributed by atoms with E-state index < -0.39 is 0 Å². The number of rotatable bonds is 8. The molecule has 0 saturated carbocycles. The van der Waals surface area contributed by atoms with Crippen LogP contribution >= 0.6 is 11.3 Å². The molecule has 0 aliphatic rings. The molecular weight excluding hydrogens is 358 g/mol. The molecule has 7 heteroatoms. The van der Waals surface area contributed by atoms with Crippen molar-refractivity contribution in [3.8, 4) is 5.75 Å². The number of hydrogen-bond donors (Lipinski definition) is 1. The lowest BCUT2D eigenvalue weighted by atomic mass is 10.2. The van der Waals surface area contributed by atoms with E-state index in [0.29, 0.717) is 6.61 Å². The van der Waals surface area contributed by atoms with Gasteiger partial charge < -0.3 is 10.1 Å². The van der Waals surface area contributed by atoms with E-state index in [0.717, 1.165) is 47.4 Å². The first kappa shape index (κ1) is 17.6. The number of nitrogens with one attached hydrogen (secondary N) is 1. The van der Waals surface area contributed by atoms with E-state index in [2.05, 4.69) is 32.6 Å². The highest BCUT2D eigenvalue weighted by Crippen LogP contribution is 2.15. The molecule has 4 aromatic rings. The van der Waals surface area contributed by atoms with Crippen LogP contribution in [0.5, 0.6) is 5.75 Å². The highest BCUT2D eigenvalue weighted by atomic mass is 32.1. The average Bonchev–Trinajstić information content (AvgIpc) is 3.31. The van der Waals surface area contributed by atoms with Crippen molar-refractivity contribution in [2.75, 3.05) is 6.54 Å². The number of pyridine rings is 1. The number of ether oxygens (including phenoxy) is 1. The average molecular weight is 379 g/mol. The number of hydrogen-bond acceptors (Lipinski definition) is 6. The summed E-state index contributed by atoms with van der Waals surface area (Å²) >= 11 is 1.64. The second-order valence-corrected chi connectivity index (χ2v) is 7.32. The maximum absolute atomic E-state index is 5.78. The predicted molar refractivity (Wildman–Crippen MR) is 106 cm³/mol. The molecule has 0 saturated heterocycles. The fourth-order valence-corrected chi connectivity index (χ4v) is 3.43. The van der Waals surface area contributed by atoms with Crippen LogP contribution < -0.4 is 10.1 Å². The first-order valence-electron chi connectivity index (χ1n) is 8.90. The zero-order chi connectivity index (χ0) is 18.5. The minimum absolute atomic E-state index is 0.508. The van der Waals surface area contributed by atoms with Crippen molar-refractivity contribution in [2.45, 2.75) is 26.5 Å². The van der Waals surface area contributed by atoms with Gasteiger partial charge in [-0.25, -0.2) is 4.98 Å². The number of nitrogens with zero attached hydrogens (tertiary/aromatic N) is 4. The van der Waals surface area contributed by atoms with E-state index in [1.54, 1.807) is 11.3 Å². The Morgan fingerprint density at radius 2 is 2.00 bits per heavy atom. The molecular formula is C20H21N5OS. The molecule has 0 bridgehead atoms. The summed E-state index contributed by atoms with van der Waals surface area (Å²) in [4.78, 5) is 4.41. The highest BCUT2D eigenvalue weighted by molar-refractivity contribution is 7.09. The summed E-state index contributed by atoms with van der Waals surface area (Å²) in [6.07, 6.45) is 2.83. The second kappa shape index (κ2) is 8.28. The van der Waals surface area contributed by atoms with Crippen molar-refractivity contribution >= 4 is 17.0 Å². The van der Waals surface area contributed by atoms with Crippen LogP contribution in [-0.2, 0) is 19.6 Å². The first-order chi connectivity index (χ1) is 13.3. The Balaban J connectivity index is 1.23. The molecule has 6 nitrogen and oxygen atoms in total. The van der Waals surface area contributed by atoms with Crippen molar-refractivity contribution < 1.29 is 4.74 Å². The lowest BCUT2D eigenvalue weighted by molar-refractivity contribution is 0.302. The quantitative estimate of drug-likeness (QED) is 0.475. The van der Waals surface area contributed by atoms with Crippen LogP contribution in [0.4, 0.5) is 0 Å². The van der Waals surface area contributed by atoms with E-state index >= 15 is 0 Å². The van der Waals surface area contributed by atoms with Crippen molar-refractivity contribution in [1.29, 1.82) is 0 Å². The van der Waals surface area contributed by atoms with Gasteiger partial charge in [0.15, 0.2) is 5.65 Å². The molecule has 0 aliphatic heterocycles. The van der Waals surface area contributed by atoms with Gasteiger partial charge in [-0.3, -0.25) is 4.40 Å². The third kappa shape index (κ3) is 4.50. The van der Waals surface area contributed by atoms with Crippen molar-refractivity contribution in [3.63, 3.8) is 0 Å². The highest BCUT2D eigenvalue weighted by Gasteiger charge is 2.04. The number of aryl methyl sites for hydroxylation is 1. The first-order valence-corrected chi connectivity index (χ1v) is 9.78. The Morgan fingerprint density at radius 3 is 2.81 bits per heavy atom. The lowest BCUT2D eigenvalue weighted by Gasteiger charge is -2.07. The third-order valence-corrected chi connectivity index (χ3v) is 5.04. The standard InChI is InChI=1S/C20H21N5OS/c1-15-22-17(14-27-15)13-26-18-7-5-16(6-8-18)12-21-10-9-20-24-23-19-4-2-3-11-25(19)20/h2-8,11,14,21H,9-10,12-13H2,1H3. The SMILES string of the molecule is Cc1nc(COc2ccc(CNCCc3nnc4ccccn34)cc2)cs1. The Bertz CT molecular complexity index is 1010. The van der Waals surface area contributed by atoms with Gasteiger partial charge >= 0.3 is 0 Å². The number of fused-ring (bicyclic) bond motifs is 1. The topological polar surface area (TPSA) is 64.3 Å². The van der Waals surface area contributed by atoms with Gasteiger partial charge in [-0.15, -0.1) is 21.5 Å². The minimum Gasteiger partial charge on any atom is -0.487 e.